The molecule has 1 fully saturated rings. The molecule has 0 amide bonds. The smallest absolute Gasteiger partial charge is 0.389 e. The van der Waals surface area contributed by atoms with E-state index in [0.717, 1.165) is 12.8 Å². The van der Waals surface area contributed by atoms with Gasteiger partial charge in [-0.2, -0.15) is 13.2 Å². The van der Waals surface area contributed by atoms with Crippen molar-refractivity contribution < 1.29 is 26.7 Å². The van der Waals surface area contributed by atoms with E-state index in [9.17, 15) is 26.7 Å². The number of alkyl halides is 3. The topological polar surface area (TPSA) is 66.4 Å². The van der Waals surface area contributed by atoms with Crippen molar-refractivity contribution >= 4 is 10.0 Å². The number of rotatable bonds is 6. The molecule has 2 unspecified atom stereocenters. The quantitative estimate of drug-likeness (QED) is 0.789. The minimum absolute atomic E-state index is 0.286. The molecule has 0 radical (unpaired) electrons. The maximum atomic E-state index is 12.0. The predicted molar refractivity (Wildman–Crippen MR) is 69.7 cm³/mol. The Bertz CT molecular complexity index is 411. The second-order valence-corrected chi connectivity index (χ2v) is 7.62. The van der Waals surface area contributed by atoms with Gasteiger partial charge >= 0.3 is 6.18 Å². The number of halogens is 3. The minimum atomic E-state index is -4.34. The summed E-state index contributed by atoms with van der Waals surface area (Å²) in [7, 11) is -3.81. The summed E-state index contributed by atoms with van der Waals surface area (Å²) in [5.74, 6) is -0.281. The van der Waals surface area contributed by atoms with Gasteiger partial charge in [0.05, 0.1) is 17.9 Å². The molecule has 0 aromatic rings. The Morgan fingerprint density at radius 3 is 2.55 bits per heavy atom. The third-order valence-electron chi connectivity index (χ3n) is 3.64. The molecule has 1 aliphatic carbocycles. The van der Waals surface area contributed by atoms with Gasteiger partial charge in [-0.3, -0.25) is 0 Å². The molecule has 0 heterocycles. The number of hydrogen-bond donors (Lipinski definition) is 2. The second kappa shape index (κ2) is 6.62. The van der Waals surface area contributed by atoms with Crippen molar-refractivity contribution in [2.45, 2.75) is 57.2 Å². The van der Waals surface area contributed by atoms with E-state index >= 15 is 0 Å². The molecule has 20 heavy (non-hydrogen) atoms. The van der Waals surface area contributed by atoms with Crippen molar-refractivity contribution in [2.75, 3.05) is 12.4 Å². The Morgan fingerprint density at radius 2 is 2.05 bits per heavy atom. The molecular formula is C12H22F3NO3S. The summed E-state index contributed by atoms with van der Waals surface area (Å²) in [5.41, 5.74) is -0.908. The van der Waals surface area contributed by atoms with Crippen LogP contribution in [0, 0.1) is 5.92 Å². The summed E-state index contributed by atoms with van der Waals surface area (Å²) < 4.78 is 62.2. The Hall–Kier alpha value is -0.340. The number of hydrogen-bond acceptors (Lipinski definition) is 3. The fraction of sp³-hybridized carbons (Fsp3) is 1.00. The van der Waals surface area contributed by atoms with Crippen LogP contribution in [0.15, 0.2) is 0 Å². The van der Waals surface area contributed by atoms with Crippen molar-refractivity contribution in [1.29, 1.82) is 0 Å². The van der Waals surface area contributed by atoms with Gasteiger partial charge in [-0.25, -0.2) is 13.1 Å². The maximum absolute atomic E-state index is 12.0. The van der Waals surface area contributed by atoms with Gasteiger partial charge in [0.25, 0.3) is 0 Å². The van der Waals surface area contributed by atoms with Gasteiger partial charge in [-0.15, -0.1) is 0 Å². The van der Waals surface area contributed by atoms with E-state index < -0.39 is 40.3 Å². The van der Waals surface area contributed by atoms with Crippen LogP contribution >= 0.6 is 0 Å². The van der Waals surface area contributed by atoms with Gasteiger partial charge < -0.3 is 5.11 Å². The van der Waals surface area contributed by atoms with Crippen molar-refractivity contribution in [3.05, 3.63) is 0 Å². The van der Waals surface area contributed by atoms with E-state index in [1.54, 1.807) is 0 Å². The summed E-state index contributed by atoms with van der Waals surface area (Å²) >= 11 is 0. The Kier molecular flexibility index (Phi) is 5.86. The molecule has 0 aromatic carbocycles. The second-order valence-electron chi connectivity index (χ2n) is 5.78. The molecule has 1 aliphatic rings. The van der Waals surface area contributed by atoms with E-state index in [1.165, 1.54) is 0 Å². The molecule has 4 nitrogen and oxygen atoms in total. The molecule has 0 aromatic heterocycles. The van der Waals surface area contributed by atoms with Gasteiger partial charge in [0.1, 0.15) is 0 Å². The van der Waals surface area contributed by atoms with Crippen LogP contribution in [0.5, 0.6) is 0 Å². The third kappa shape index (κ3) is 5.97. The fourth-order valence-electron chi connectivity index (χ4n) is 2.77. The lowest BCUT2D eigenvalue weighted by molar-refractivity contribution is -0.134. The Morgan fingerprint density at radius 1 is 1.40 bits per heavy atom. The largest absolute Gasteiger partial charge is 0.394 e. The van der Waals surface area contributed by atoms with Crippen LogP contribution < -0.4 is 4.72 Å². The number of aliphatic hydroxyl groups is 1. The molecule has 1 rings (SSSR count). The first-order chi connectivity index (χ1) is 9.08. The summed E-state index contributed by atoms with van der Waals surface area (Å²) in [6, 6.07) is 0. The average molecular weight is 317 g/mol. The zero-order chi connectivity index (χ0) is 15.4. The first kappa shape index (κ1) is 17.7. The van der Waals surface area contributed by atoms with Crippen LogP contribution in [0.25, 0.3) is 0 Å². The Balaban J connectivity index is 2.59. The van der Waals surface area contributed by atoms with E-state index in [4.69, 9.17) is 0 Å². The first-order valence-corrected chi connectivity index (χ1v) is 8.42. The highest BCUT2D eigenvalue weighted by Gasteiger charge is 2.38. The van der Waals surface area contributed by atoms with Gasteiger partial charge in [-0.1, -0.05) is 19.8 Å². The molecule has 2 atom stereocenters. The zero-order valence-corrected chi connectivity index (χ0v) is 12.4. The Labute approximate surface area is 117 Å². The van der Waals surface area contributed by atoms with Crippen molar-refractivity contribution in [2.24, 2.45) is 5.92 Å². The average Bonchev–Trinajstić information content (AvgIpc) is 2.26. The lowest BCUT2D eigenvalue weighted by Gasteiger charge is -2.39. The van der Waals surface area contributed by atoms with Gasteiger partial charge in [0.15, 0.2) is 0 Å². The van der Waals surface area contributed by atoms with Crippen LogP contribution in [0.3, 0.4) is 0 Å². The van der Waals surface area contributed by atoms with Crippen molar-refractivity contribution in [3.8, 4) is 0 Å². The van der Waals surface area contributed by atoms with E-state index in [0.29, 0.717) is 12.8 Å². The maximum Gasteiger partial charge on any atom is 0.389 e. The summed E-state index contributed by atoms with van der Waals surface area (Å²) in [5, 5.41) is 9.47. The molecule has 0 spiro atoms. The summed E-state index contributed by atoms with van der Waals surface area (Å²) in [4.78, 5) is 0. The number of nitrogens with one attached hydrogen (secondary N) is 1. The lowest BCUT2D eigenvalue weighted by Crippen LogP contribution is -2.54. The molecule has 120 valence electrons. The molecule has 1 saturated carbocycles. The van der Waals surface area contributed by atoms with E-state index in [1.807, 2.05) is 6.92 Å². The molecule has 2 N–H and O–H groups in total. The highest BCUT2D eigenvalue weighted by Crippen LogP contribution is 2.32. The van der Waals surface area contributed by atoms with Crippen LogP contribution in [-0.4, -0.2) is 37.6 Å². The van der Waals surface area contributed by atoms with Crippen LogP contribution in [0.1, 0.15) is 45.4 Å². The van der Waals surface area contributed by atoms with Gasteiger partial charge in [0, 0.05) is 6.42 Å². The molecule has 8 heteroatoms. The third-order valence-corrected chi connectivity index (χ3v) is 5.21. The molecule has 0 bridgehead atoms. The predicted octanol–water partition coefficient (Wildman–Crippen LogP) is 2.19. The zero-order valence-electron chi connectivity index (χ0n) is 11.5. The minimum Gasteiger partial charge on any atom is -0.394 e. The van der Waals surface area contributed by atoms with Crippen LogP contribution in [-0.2, 0) is 10.0 Å². The lowest BCUT2D eigenvalue weighted by atomic mass is 9.78. The molecule has 0 saturated heterocycles. The number of aliphatic hydroxyl groups excluding tert-OH is 1. The first-order valence-electron chi connectivity index (χ1n) is 6.77. The normalized spacial score (nSPS) is 28.6. The monoisotopic (exact) mass is 317 g/mol. The highest BCUT2D eigenvalue weighted by molar-refractivity contribution is 7.89. The van der Waals surface area contributed by atoms with E-state index in [2.05, 4.69) is 4.72 Å². The van der Waals surface area contributed by atoms with Crippen molar-refractivity contribution in [1.82, 2.24) is 4.72 Å². The standard InChI is InChI=1S/C12H22F3NO3S/c1-10-4-2-5-11(8-10,9-17)16-20(18,19)7-3-6-12(13,14)15/h10,16-17H,2-9H2,1H3. The van der Waals surface area contributed by atoms with Crippen LogP contribution in [0.2, 0.25) is 0 Å². The van der Waals surface area contributed by atoms with Crippen LogP contribution in [0.4, 0.5) is 13.2 Å². The number of sulfonamides is 1. The summed E-state index contributed by atoms with van der Waals surface area (Å²) in [6.45, 7) is 1.65. The summed E-state index contributed by atoms with van der Waals surface area (Å²) in [6.07, 6.45) is -3.12. The van der Waals surface area contributed by atoms with Gasteiger partial charge in [-0.05, 0) is 25.2 Å². The molecule has 0 aliphatic heterocycles. The fourth-order valence-corrected chi connectivity index (χ4v) is 4.31. The highest BCUT2D eigenvalue weighted by atomic mass is 32.2. The van der Waals surface area contributed by atoms with Gasteiger partial charge in [0.2, 0.25) is 10.0 Å². The molecular weight excluding hydrogens is 295 g/mol. The SMILES string of the molecule is CC1CCCC(CO)(NS(=O)(=O)CCCC(F)(F)F)C1. The van der Waals surface area contributed by atoms with E-state index in [-0.39, 0.29) is 12.5 Å². The van der Waals surface area contributed by atoms with Crippen molar-refractivity contribution in [3.63, 3.8) is 0 Å².